The summed E-state index contributed by atoms with van der Waals surface area (Å²) in [6, 6.07) is 6.84. The quantitative estimate of drug-likeness (QED) is 0.742. The number of anilines is 2. The summed E-state index contributed by atoms with van der Waals surface area (Å²) in [5.74, 6) is -0.189. The van der Waals surface area contributed by atoms with E-state index < -0.39 is 0 Å². The molecule has 0 aliphatic heterocycles. The van der Waals surface area contributed by atoms with Gasteiger partial charge in [-0.3, -0.25) is 4.79 Å². The molecule has 0 aliphatic rings. The van der Waals surface area contributed by atoms with Crippen molar-refractivity contribution in [3.63, 3.8) is 0 Å². The molecular weight excluding hydrogens is 246 g/mol. The third kappa shape index (κ3) is 2.62. The molecule has 18 heavy (non-hydrogen) atoms. The van der Waals surface area contributed by atoms with Crippen LogP contribution in [0.3, 0.4) is 0 Å². The third-order valence-corrected chi connectivity index (χ3v) is 3.41. The number of carbonyl (C=O) groups excluding carboxylic acids is 1. The van der Waals surface area contributed by atoms with Gasteiger partial charge in [-0.15, -0.1) is 0 Å². The molecule has 1 amide bonds. The van der Waals surface area contributed by atoms with Gasteiger partial charge in [0.15, 0.2) is 0 Å². The Bertz CT molecular complexity index is 551. The first-order valence-corrected chi connectivity index (χ1v) is 6.50. The molecule has 1 atom stereocenters. The summed E-state index contributed by atoms with van der Waals surface area (Å²) in [6.07, 6.45) is 0. The summed E-state index contributed by atoms with van der Waals surface area (Å²) in [6.45, 7) is 1.94. The monoisotopic (exact) mass is 261 g/mol. The van der Waals surface area contributed by atoms with E-state index in [9.17, 15) is 4.79 Å². The first kappa shape index (κ1) is 12.4. The molecule has 1 aromatic heterocycles. The van der Waals surface area contributed by atoms with Crippen molar-refractivity contribution in [1.29, 1.82) is 0 Å². The van der Waals surface area contributed by atoms with Crippen LogP contribution in [0.25, 0.3) is 0 Å². The van der Waals surface area contributed by atoms with Gasteiger partial charge in [0.1, 0.15) is 0 Å². The number of nitrogens with two attached hydrogens (primary N) is 2. The Kier molecular flexibility index (Phi) is 3.53. The number of rotatable bonds is 3. The zero-order valence-electron chi connectivity index (χ0n) is 10.0. The normalized spacial score (nSPS) is 12.1. The van der Waals surface area contributed by atoms with E-state index in [0.717, 1.165) is 5.56 Å². The minimum absolute atomic E-state index is 0.0410. The highest BCUT2D eigenvalue weighted by Gasteiger charge is 2.13. The zero-order chi connectivity index (χ0) is 13.1. The molecule has 5 heteroatoms. The van der Waals surface area contributed by atoms with Gasteiger partial charge in [0, 0.05) is 11.4 Å². The van der Waals surface area contributed by atoms with Gasteiger partial charge in [-0.25, -0.2) is 0 Å². The van der Waals surface area contributed by atoms with Crippen molar-refractivity contribution in [3.8, 4) is 0 Å². The lowest BCUT2D eigenvalue weighted by atomic mass is 10.1. The molecule has 1 heterocycles. The number of nitrogens with one attached hydrogen (secondary N) is 1. The van der Waals surface area contributed by atoms with E-state index in [2.05, 4.69) is 5.32 Å². The first-order valence-electron chi connectivity index (χ1n) is 5.56. The predicted molar refractivity (Wildman–Crippen MR) is 75.5 cm³/mol. The smallest absolute Gasteiger partial charge is 0.253 e. The number of hydrogen-bond acceptors (Lipinski definition) is 4. The first-order chi connectivity index (χ1) is 8.58. The number of carbonyl (C=O) groups is 1. The van der Waals surface area contributed by atoms with Gasteiger partial charge in [-0.1, -0.05) is 0 Å². The third-order valence-electron chi connectivity index (χ3n) is 2.71. The minimum Gasteiger partial charge on any atom is -0.399 e. The van der Waals surface area contributed by atoms with E-state index in [-0.39, 0.29) is 11.9 Å². The average molecular weight is 261 g/mol. The van der Waals surface area contributed by atoms with Gasteiger partial charge in [0.2, 0.25) is 0 Å². The molecule has 0 bridgehead atoms. The second-order valence-corrected chi connectivity index (χ2v) is 4.88. The Hall–Kier alpha value is -2.01. The number of thiophene rings is 1. The summed E-state index contributed by atoms with van der Waals surface area (Å²) >= 11 is 1.60. The number of nitrogen functional groups attached to an aromatic ring is 2. The highest BCUT2D eigenvalue weighted by molar-refractivity contribution is 7.07. The Morgan fingerprint density at radius 3 is 2.72 bits per heavy atom. The van der Waals surface area contributed by atoms with Crippen molar-refractivity contribution in [3.05, 3.63) is 46.2 Å². The molecule has 4 nitrogen and oxygen atoms in total. The van der Waals surface area contributed by atoms with Crippen LogP contribution in [0.5, 0.6) is 0 Å². The molecule has 0 fully saturated rings. The molecule has 2 aromatic rings. The van der Waals surface area contributed by atoms with Crippen LogP contribution in [0.15, 0.2) is 35.0 Å². The van der Waals surface area contributed by atoms with E-state index in [1.807, 2.05) is 23.8 Å². The average Bonchev–Trinajstić information content (AvgIpc) is 2.81. The van der Waals surface area contributed by atoms with Crippen molar-refractivity contribution in [2.24, 2.45) is 0 Å². The summed E-state index contributed by atoms with van der Waals surface area (Å²) in [4.78, 5) is 12.1. The fourth-order valence-corrected chi connectivity index (χ4v) is 2.42. The zero-order valence-corrected chi connectivity index (χ0v) is 10.8. The van der Waals surface area contributed by atoms with Crippen LogP contribution in [0.1, 0.15) is 28.9 Å². The lowest BCUT2D eigenvalue weighted by Gasteiger charge is -2.13. The second kappa shape index (κ2) is 5.10. The van der Waals surface area contributed by atoms with Gasteiger partial charge in [0.05, 0.1) is 11.6 Å². The van der Waals surface area contributed by atoms with Crippen LogP contribution in [0, 0.1) is 0 Å². The van der Waals surface area contributed by atoms with Crippen molar-refractivity contribution < 1.29 is 4.79 Å². The summed E-state index contributed by atoms with van der Waals surface area (Å²) < 4.78 is 0. The summed E-state index contributed by atoms with van der Waals surface area (Å²) in [5, 5.41) is 6.90. The number of hydrogen-bond donors (Lipinski definition) is 3. The molecule has 1 aromatic carbocycles. The Labute approximate surface area is 110 Å². The van der Waals surface area contributed by atoms with Gasteiger partial charge >= 0.3 is 0 Å². The predicted octanol–water partition coefficient (Wildman–Crippen LogP) is 2.40. The number of benzene rings is 1. The van der Waals surface area contributed by atoms with Gasteiger partial charge in [0.25, 0.3) is 5.91 Å². The molecule has 0 spiro atoms. The van der Waals surface area contributed by atoms with E-state index in [1.54, 1.807) is 29.5 Å². The van der Waals surface area contributed by atoms with Crippen molar-refractivity contribution in [1.82, 2.24) is 5.32 Å². The highest BCUT2D eigenvalue weighted by Crippen LogP contribution is 2.19. The minimum atomic E-state index is -0.189. The second-order valence-electron chi connectivity index (χ2n) is 4.10. The van der Waals surface area contributed by atoms with Crippen LogP contribution in [-0.4, -0.2) is 5.91 Å². The van der Waals surface area contributed by atoms with Crippen molar-refractivity contribution in [2.75, 3.05) is 11.5 Å². The molecule has 0 aliphatic carbocycles. The molecule has 2 rings (SSSR count). The van der Waals surface area contributed by atoms with Gasteiger partial charge in [-0.2, -0.15) is 11.3 Å². The molecule has 94 valence electrons. The Balaban J connectivity index is 2.12. The highest BCUT2D eigenvalue weighted by atomic mass is 32.1. The Morgan fingerprint density at radius 2 is 2.11 bits per heavy atom. The fraction of sp³-hybridized carbons (Fsp3) is 0.154. The van der Waals surface area contributed by atoms with E-state index in [0.29, 0.717) is 16.9 Å². The topological polar surface area (TPSA) is 81.1 Å². The maximum Gasteiger partial charge on any atom is 0.253 e. The molecular formula is C13H15N3OS. The van der Waals surface area contributed by atoms with Gasteiger partial charge in [-0.05, 0) is 47.5 Å². The van der Waals surface area contributed by atoms with Gasteiger partial charge < -0.3 is 16.8 Å². The van der Waals surface area contributed by atoms with Crippen LogP contribution in [0.2, 0.25) is 0 Å². The van der Waals surface area contributed by atoms with Crippen LogP contribution >= 0.6 is 11.3 Å². The maximum atomic E-state index is 12.1. The fourth-order valence-electron chi connectivity index (χ4n) is 1.67. The molecule has 0 radical (unpaired) electrons. The van der Waals surface area contributed by atoms with Crippen molar-refractivity contribution in [2.45, 2.75) is 13.0 Å². The lowest BCUT2D eigenvalue weighted by molar-refractivity contribution is 0.0941. The number of amides is 1. The van der Waals surface area contributed by atoms with Crippen LogP contribution < -0.4 is 16.8 Å². The SMILES string of the molecule is CC(NC(=O)c1ccc(N)cc1N)c1ccsc1. The summed E-state index contributed by atoms with van der Waals surface area (Å²) in [7, 11) is 0. The van der Waals surface area contributed by atoms with Crippen LogP contribution in [0.4, 0.5) is 11.4 Å². The van der Waals surface area contributed by atoms with E-state index in [1.165, 1.54) is 0 Å². The van der Waals surface area contributed by atoms with Crippen molar-refractivity contribution >= 4 is 28.6 Å². The molecule has 0 saturated heterocycles. The van der Waals surface area contributed by atoms with Crippen LogP contribution in [-0.2, 0) is 0 Å². The molecule has 0 saturated carbocycles. The molecule has 1 unspecified atom stereocenters. The summed E-state index contributed by atoms with van der Waals surface area (Å²) in [5.41, 5.74) is 13.9. The molecule has 5 N–H and O–H groups in total. The standard InChI is InChI=1S/C13H15N3OS/c1-8(9-4-5-18-7-9)16-13(17)11-3-2-10(14)6-12(11)15/h2-8H,14-15H2,1H3,(H,16,17). The van der Waals surface area contributed by atoms with E-state index in [4.69, 9.17) is 11.5 Å². The lowest BCUT2D eigenvalue weighted by Crippen LogP contribution is -2.27. The Morgan fingerprint density at radius 1 is 1.33 bits per heavy atom. The van der Waals surface area contributed by atoms with E-state index >= 15 is 0 Å². The maximum absolute atomic E-state index is 12.1. The largest absolute Gasteiger partial charge is 0.399 e.